The second-order valence-electron chi connectivity index (χ2n) is 7.96. The van der Waals surface area contributed by atoms with Crippen LogP contribution in [0.15, 0.2) is 42.5 Å². The summed E-state index contributed by atoms with van der Waals surface area (Å²) in [5.41, 5.74) is 2.81. The summed E-state index contributed by atoms with van der Waals surface area (Å²) in [5.74, 6) is 1.99. The zero-order chi connectivity index (χ0) is 24.1. The van der Waals surface area contributed by atoms with E-state index in [1.54, 1.807) is 30.3 Å². The lowest BCUT2D eigenvalue weighted by Gasteiger charge is -2.29. The molecule has 9 heteroatoms. The number of fused-ring (bicyclic) bond motifs is 1. The van der Waals surface area contributed by atoms with Crippen LogP contribution in [0.2, 0.25) is 0 Å². The molecule has 174 valence electrons. The zero-order valence-corrected chi connectivity index (χ0v) is 18.3. The van der Waals surface area contributed by atoms with Crippen LogP contribution in [0.5, 0.6) is 5.75 Å². The number of amides is 4. The zero-order valence-electron chi connectivity index (χ0n) is 18.3. The number of alkyl carbamates (subject to hydrolysis) is 1. The summed E-state index contributed by atoms with van der Waals surface area (Å²) < 4.78 is 10.5. The second kappa shape index (κ2) is 10.1. The first-order valence-corrected chi connectivity index (χ1v) is 10.8. The van der Waals surface area contributed by atoms with Crippen LogP contribution in [0.3, 0.4) is 0 Å². The minimum atomic E-state index is -0.660. The number of terminal acetylenes is 1. The monoisotopic (exact) mass is 461 g/mol. The second-order valence-corrected chi connectivity index (χ2v) is 7.96. The number of nitrogens with zero attached hydrogens (tertiary/aromatic N) is 1. The predicted octanol–water partition coefficient (Wildman–Crippen LogP) is 1.89. The summed E-state index contributed by atoms with van der Waals surface area (Å²) in [6, 6.07) is 11.7. The Bertz CT molecular complexity index is 1170. The van der Waals surface area contributed by atoms with E-state index in [0.29, 0.717) is 24.3 Å². The molecule has 4 amide bonds. The van der Waals surface area contributed by atoms with E-state index >= 15 is 0 Å². The molecule has 0 aromatic heterocycles. The average molecular weight is 461 g/mol. The van der Waals surface area contributed by atoms with Gasteiger partial charge in [-0.05, 0) is 41.3 Å². The van der Waals surface area contributed by atoms with Crippen LogP contribution in [0.25, 0.3) is 0 Å². The summed E-state index contributed by atoms with van der Waals surface area (Å²) in [4.78, 5) is 50.0. The third-order valence-corrected chi connectivity index (χ3v) is 5.64. The van der Waals surface area contributed by atoms with E-state index in [0.717, 1.165) is 16.7 Å². The fraction of sp³-hybridized carbons (Fsp3) is 0.280. The van der Waals surface area contributed by atoms with E-state index in [2.05, 4.69) is 16.6 Å². The molecule has 0 bridgehead atoms. The van der Waals surface area contributed by atoms with E-state index in [4.69, 9.17) is 15.9 Å². The number of imide groups is 1. The van der Waals surface area contributed by atoms with Crippen LogP contribution in [0, 0.1) is 12.3 Å². The topological polar surface area (TPSA) is 114 Å². The number of carbonyl (C=O) groups is 4. The number of carbonyl (C=O) groups excluding carboxylic acids is 4. The Morgan fingerprint density at radius 1 is 1.15 bits per heavy atom. The lowest BCUT2D eigenvalue weighted by atomic mass is 10.0. The molecule has 0 radical (unpaired) electrons. The van der Waals surface area contributed by atoms with Crippen molar-refractivity contribution in [2.45, 2.75) is 38.6 Å². The maximum atomic E-state index is 12.9. The highest BCUT2D eigenvalue weighted by molar-refractivity contribution is 6.05. The normalized spacial score (nSPS) is 17.0. The molecule has 2 aromatic carbocycles. The fourth-order valence-electron chi connectivity index (χ4n) is 3.89. The van der Waals surface area contributed by atoms with Crippen molar-refractivity contribution < 1.29 is 28.7 Å². The number of hydrogen-bond donors (Lipinski definition) is 2. The first kappa shape index (κ1) is 22.9. The van der Waals surface area contributed by atoms with E-state index in [9.17, 15) is 19.2 Å². The fourth-order valence-corrected chi connectivity index (χ4v) is 3.89. The average Bonchev–Trinajstić information content (AvgIpc) is 3.16. The van der Waals surface area contributed by atoms with Crippen molar-refractivity contribution in [3.63, 3.8) is 0 Å². The molecule has 9 nitrogen and oxygen atoms in total. The summed E-state index contributed by atoms with van der Waals surface area (Å²) in [7, 11) is 0. The molecule has 2 aromatic rings. The van der Waals surface area contributed by atoms with Crippen LogP contribution in [-0.4, -0.2) is 41.4 Å². The highest BCUT2D eigenvalue weighted by atomic mass is 16.5. The van der Waals surface area contributed by atoms with Crippen molar-refractivity contribution in [1.82, 2.24) is 15.5 Å². The first-order valence-electron chi connectivity index (χ1n) is 10.8. The van der Waals surface area contributed by atoms with Crippen molar-refractivity contribution >= 4 is 23.8 Å². The van der Waals surface area contributed by atoms with Crippen LogP contribution in [0.1, 0.15) is 39.9 Å². The molecule has 0 saturated carbocycles. The SMILES string of the molecule is C#CCOc1ccc(COC(=O)NCc2ccc3c(c2)C(=O)N(C2CCC(=O)NC2=O)C3)cc1. The van der Waals surface area contributed by atoms with Gasteiger partial charge in [-0.3, -0.25) is 19.7 Å². The Kier molecular flexibility index (Phi) is 6.78. The minimum absolute atomic E-state index is 0.0881. The Morgan fingerprint density at radius 3 is 2.65 bits per heavy atom. The summed E-state index contributed by atoms with van der Waals surface area (Å²) >= 11 is 0. The molecule has 2 N–H and O–H groups in total. The first-order chi connectivity index (χ1) is 16.4. The van der Waals surface area contributed by atoms with Crippen LogP contribution >= 0.6 is 0 Å². The maximum Gasteiger partial charge on any atom is 0.407 e. The maximum absolute atomic E-state index is 12.9. The summed E-state index contributed by atoms with van der Waals surface area (Å²) in [5, 5.41) is 4.95. The van der Waals surface area contributed by atoms with Gasteiger partial charge in [-0.2, -0.15) is 0 Å². The largest absolute Gasteiger partial charge is 0.481 e. The molecule has 1 unspecified atom stereocenters. The van der Waals surface area contributed by atoms with Crippen molar-refractivity contribution in [2.24, 2.45) is 0 Å². The van der Waals surface area contributed by atoms with Crippen LogP contribution < -0.4 is 15.4 Å². The molecule has 0 spiro atoms. The summed E-state index contributed by atoms with van der Waals surface area (Å²) in [6.07, 6.45) is 5.08. The van der Waals surface area contributed by atoms with Crippen molar-refractivity contribution in [1.29, 1.82) is 0 Å². The van der Waals surface area contributed by atoms with E-state index in [1.165, 1.54) is 4.90 Å². The Labute approximate surface area is 196 Å². The van der Waals surface area contributed by atoms with E-state index in [1.807, 2.05) is 12.1 Å². The van der Waals surface area contributed by atoms with Gasteiger partial charge >= 0.3 is 6.09 Å². The standard InChI is InChI=1S/C25H23N3O6/c1-2-11-33-19-7-4-16(5-8-19)15-34-25(32)26-13-17-3-6-18-14-28(24(31)20(18)12-17)21-9-10-22(29)27-23(21)30/h1,3-8,12,21H,9-11,13-15H2,(H,26,32)(H,27,29,30). The highest BCUT2D eigenvalue weighted by Gasteiger charge is 2.39. The van der Waals surface area contributed by atoms with Gasteiger partial charge in [0.05, 0.1) is 0 Å². The van der Waals surface area contributed by atoms with Crippen molar-refractivity contribution in [2.75, 3.05) is 6.61 Å². The number of ether oxygens (including phenoxy) is 2. The Hall–Kier alpha value is -4.32. The van der Waals surface area contributed by atoms with Crippen molar-refractivity contribution in [3.05, 3.63) is 64.7 Å². The van der Waals surface area contributed by atoms with Gasteiger partial charge < -0.3 is 19.7 Å². The number of piperidine rings is 1. The van der Waals surface area contributed by atoms with Crippen LogP contribution in [-0.2, 0) is 34.0 Å². The minimum Gasteiger partial charge on any atom is -0.481 e. The van der Waals surface area contributed by atoms with E-state index in [-0.39, 0.29) is 38.0 Å². The van der Waals surface area contributed by atoms with E-state index < -0.39 is 18.0 Å². The lowest BCUT2D eigenvalue weighted by molar-refractivity contribution is -0.136. The van der Waals surface area contributed by atoms with Gasteiger partial charge in [0.1, 0.15) is 25.0 Å². The predicted molar refractivity (Wildman–Crippen MR) is 120 cm³/mol. The van der Waals surface area contributed by atoms with Crippen molar-refractivity contribution in [3.8, 4) is 18.1 Å². The summed E-state index contributed by atoms with van der Waals surface area (Å²) in [6.45, 7) is 0.756. The molecule has 1 fully saturated rings. The lowest BCUT2D eigenvalue weighted by Crippen LogP contribution is -2.52. The van der Waals surface area contributed by atoms with Crippen LogP contribution in [0.4, 0.5) is 4.79 Å². The van der Waals surface area contributed by atoms with Gasteiger partial charge in [0.2, 0.25) is 11.8 Å². The van der Waals surface area contributed by atoms with Gasteiger partial charge in [-0.15, -0.1) is 6.42 Å². The highest BCUT2D eigenvalue weighted by Crippen LogP contribution is 2.28. The number of benzene rings is 2. The molecule has 34 heavy (non-hydrogen) atoms. The molecule has 2 heterocycles. The van der Waals surface area contributed by atoms with Gasteiger partial charge in [-0.25, -0.2) is 4.79 Å². The molecule has 2 aliphatic rings. The Morgan fingerprint density at radius 2 is 1.91 bits per heavy atom. The molecule has 2 aliphatic heterocycles. The molecule has 1 saturated heterocycles. The molecule has 4 rings (SSSR count). The smallest absolute Gasteiger partial charge is 0.407 e. The molecule has 1 atom stereocenters. The Balaban J connectivity index is 1.28. The number of nitrogens with one attached hydrogen (secondary N) is 2. The third kappa shape index (κ3) is 5.18. The number of rotatable bonds is 7. The van der Waals surface area contributed by atoms with Gasteiger partial charge in [0, 0.05) is 25.1 Å². The quantitative estimate of drug-likeness (QED) is 0.481. The third-order valence-electron chi connectivity index (χ3n) is 5.64. The molecular formula is C25H23N3O6. The van der Waals surface area contributed by atoms with Gasteiger partial charge in [0.15, 0.2) is 0 Å². The number of hydrogen-bond acceptors (Lipinski definition) is 6. The molecule has 0 aliphatic carbocycles. The van der Waals surface area contributed by atoms with Gasteiger partial charge in [0.25, 0.3) is 5.91 Å². The van der Waals surface area contributed by atoms with Gasteiger partial charge in [-0.1, -0.05) is 30.2 Å². The molecular weight excluding hydrogens is 438 g/mol.